The number of aryl methyl sites for hydroxylation is 1. The largest absolute Gasteiger partial charge is 0.491 e. The van der Waals surface area contributed by atoms with Crippen molar-refractivity contribution >= 4 is 17.4 Å². The summed E-state index contributed by atoms with van der Waals surface area (Å²) in [5.74, 6) is 0.539. The molecule has 0 aliphatic carbocycles. The zero-order chi connectivity index (χ0) is 17.6. The van der Waals surface area contributed by atoms with Crippen molar-refractivity contribution in [2.75, 3.05) is 49.7 Å². The molecule has 2 amide bonds. The lowest BCUT2D eigenvalue weighted by Gasteiger charge is -2.35. The Kier molecular flexibility index (Phi) is 5.37. The van der Waals surface area contributed by atoms with Gasteiger partial charge in [0.1, 0.15) is 19.0 Å². The average Bonchev–Trinajstić information content (AvgIpc) is 3.07. The van der Waals surface area contributed by atoms with E-state index in [2.05, 4.69) is 15.3 Å². The van der Waals surface area contributed by atoms with Crippen LogP contribution in [0.25, 0.3) is 0 Å². The predicted molar refractivity (Wildman–Crippen MR) is 93.9 cm³/mol. The summed E-state index contributed by atoms with van der Waals surface area (Å²) in [5.41, 5.74) is 1.70. The van der Waals surface area contributed by atoms with Gasteiger partial charge in [-0.05, 0) is 12.1 Å². The van der Waals surface area contributed by atoms with E-state index in [-0.39, 0.29) is 12.6 Å². The maximum absolute atomic E-state index is 12.4. The van der Waals surface area contributed by atoms with Gasteiger partial charge in [0.25, 0.3) is 0 Å². The molecule has 0 unspecified atom stereocenters. The van der Waals surface area contributed by atoms with E-state index in [1.807, 2.05) is 19.4 Å². The van der Waals surface area contributed by atoms with Crippen LogP contribution in [0.4, 0.5) is 20.6 Å². The van der Waals surface area contributed by atoms with Crippen molar-refractivity contribution in [3.63, 3.8) is 0 Å². The molecular weight excluding hydrogens is 325 g/mol. The molecule has 0 atom stereocenters. The molecule has 0 radical (unpaired) electrons. The van der Waals surface area contributed by atoms with Crippen LogP contribution in [0.15, 0.2) is 36.7 Å². The molecular formula is C17H22FN5O2. The number of aromatic nitrogens is 2. The van der Waals surface area contributed by atoms with Crippen LogP contribution in [0, 0.1) is 0 Å². The first-order valence-electron chi connectivity index (χ1n) is 8.24. The van der Waals surface area contributed by atoms with Crippen LogP contribution in [0.3, 0.4) is 0 Å². The maximum atomic E-state index is 12.4. The Bertz CT molecular complexity index is 713. The fourth-order valence-electron chi connectivity index (χ4n) is 2.76. The number of rotatable bonds is 5. The van der Waals surface area contributed by atoms with Crippen LogP contribution in [0.5, 0.6) is 5.75 Å². The number of hydrogen-bond donors (Lipinski definition) is 1. The van der Waals surface area contributed by atoms with E-state index in [0.717, 1.165) is 18.8 Å². The molecule has 0 bridgehead atoms. The second-order valence-corrected chi connectivity index (χ2v) is 5.84. The Morgan fingerprint density at radius 3 is 2.80 bits per heavy atom. The van der Waals surface area contributed by atoms with Crippen LogP contribution in [0.1, 0.15) is 0 Å². The van der Waals surface area contributed by atoms with Gasteiger partial charge in [-0.1, -0.05) is 6.07 Å². The lowest BCUT2D eigenvalue weighted by Crippen LogP contribution is -2.50. The molecule has 7 nitrogen and oxygen atoms in total. The SMILES string of the molecule is Cn1cc(N2CCN(C(=O)Nc3cccc(OCCF)c3)CC2)cn1. The number of benzene rings is 1. The van der Waals surface area contributed by atoms with Crippen LogP contribution in [-0.2, 0) is 7.05 Å². The molecule has 1 aromatic carbocycles. The normalized spacial score (nSPS) is 14.5. The first-order valence-corrected chi connectivity index (χ1v) is 8.24. The quantitative estimate of drug-likeness (QED) is 0.900. The highest BCUT2D eigenvalue weighted by Crippen LogP contribution is 2.19. The molecule has 1 N–H and O–H groups in total. The fourth-order valence-corrected chi connectivity index (χ4v) is 2.76. The van der Waals surface area contributed by atoms with E-state index in [4.69, 9.17) is 4.74 Å². The van der Waals surface area contributed by atoms with E-state index < -0.39 is 6.67 Å². The van der Waals surface area contributed by atoms with Crippen molar-refractivity contribution in [1.82, 2.24) is 14.7 Å². The Hall–Kier alpha value is -2.77. The van der Waals surface area contributed by atoms with E-state index >= 15 is 0 Å². The molecule has 1 aliphatic heterocycles. The van der Waals surface area contributed by atoms with Crippen molar-refractivity contribution < 1.29 is 13.9 Å². The smallest absolute Gasteiger partial charge is 0.321 e. The summed E-state index contributed by atoms with van der Waals surface area (Å²) in [7, 11) is 1.89. The molecule has 134 valence electrons. The minimum atomic E-state index is -0.544. The molecule has 1 aromatic heterocycles. The highest BCUT2D eigenvalue weighted by Gasteiger charge is 2.22. The number of nitrogens with one attached hydrogen (secondary N) is 1. The Morgan fingerprint density at radius 1 is 1.32 bits per heavy atom. The van der Waals surface area contributed by atoms with Gasteiger partial charge in [0, 0.05) is 51.2 Å². The van der Waals surface area contributed by atoms with Crippen LogP contribution in [-0.4, -0.2) is 60.2 Å². The number of nitrogens with zero attached hydrogens (tertiary/aromatic N) is 4. The summed E-state index contributed by atoms with van der Waals surface area (Å²) in [6, 6.07) is 6.83. The van der Waals surface area contributed by atoms with Crippen molar-refractivity contribution in [1.29, 1.82) is 0 Å². The van der Waals surface area contributed by atoms with Crippen molar-refractivity contribution in [3.05, 3.63) is 36.7 Å². The fraction of sp³-hybridized carbons (Fsp3) is 0.412. The average molecular weight is 347 g/mol. The number of carbonyl (C=O) groups excluding carboxylic acids is 1. The maximum Gasteiger partial charge on any atom is 0.321 e. The highest BCUT2D eigenvalue weighted by molar-refractivity contribution is 5.89. The zero-order valence-electron chi connectivity index (χ0n) is 14.2. The Morgan fingerprint density at radius 2 is 2.12 bits per heavy atom. The van der Waals surface area contributed by atoms with E-state index in [1.165, 1.54) is 0 Å². The predicted octanol–water partition coefficient (Wildman–Crippen LogP) is 2.12. The lowest BCUT2D eigenvalue weighted by atomic mass is 10.3. The number of carbonyl (C=O) groups is 1. The van der Waals surface area contributed by atoms with Crippen LogP contribution < -0.4 is 15.0 Å². The molecule has 2 heterocycles. The molecule has 2 aromatic rings. The van der Waals surface area contributed by atoms with Gasteiger partial charge >= 0.3 is 6.03 Å². The van der Waals surface area contributed by atoms with Crippen molar-refractivity contribution in [2.45, 2.75) is 0 Å². The summed E-state index contributed by atoms with van der Waals surface area (Å²) < 4.78 is 19.2. The molecule has 1 saturated heterocycles. The highest BCUT2D eigenvalue weighted by atomic mass is 19.1. The third kappa shape index (κ3) is 4.40. The molecule has 25 heavy (non-hydrogen) atoms. The van der Waals surface area contributed by atoms with E-state index in [9.17, 15) is 9.18 Å². The van der Waals surface area contributed by atoms with Gasteiger partial charge in [-0.3, -0.25) is 4.68 Å². The molecule has 3 rings (SSSR count). The number of anilines is 2. The molecule has 0 spiro atoms. The number of ether oxygens (including phenoxy) is 1. The van der Waals surface area contributed by atoms with Gasteiger partial charge in [0.2, 0.25) is 0 Å². The van der Waals surface area contributed by atoms with Crippen molar-refractivity contribution in [2.24, 2.45) is 7.05 Å². The minimum Gasteiger partial charge on any atom is -0.491 e. The number of piperazine rings is 1. The van der Waals surface area contributed by atoms with Crippen molar-refractivity contribution in [3.8, 4) is 5.75 Å². The second-order valence-electron chi connectivity index (χ2n) is 5.84. The van der Waals surface area contributed by atoms with Crippen LogP contribution in [0.2, 0.25) is 0 Å². The number of hydrogen-bond acceptors (Lipinski definition) is 4. The minimum absolute atomic E-state index is 0.00764. The van der Waals surface area contributed by atoms with Crippen LogP contribution >= 0.6 is 0 Å². The number of amides is 2. The summed E-state index contributed by atoms with van der Waals surface area (Å²) in [6.07, 6.45) is 3.80. The monoisotopic (exact) mass is 347 g/mol. The zero-order valence-corrected chi connectivity index (χ0v) is 14.2. The topological polar surface area (TPSA) is 62.6 Å². The summed E-state index contributed by atoms with van der Waals surface area (Å²) >= 11 is 0. The van der Waals surface area contributed by atoms with Gasteiger partial charge in [-0.2, -0.15) is 5.10 Å². The Balaban J connectivity index is 1.52. The van der Waals surface area contributed by atoms with Gasteiger partial charge < -0.3 is 19.9 Å². The third-order valence-corrected chi connectivity index (χ3v) is 4.05. The first-order chi connectivity index (χ1) is 12.2. The van der Waals surface area contributed by atoms with Gasteiger partial charge in [-0.25, -0.2) is 9.18 Å². The van der Waals surface area contributed by atoms with Gasteiger partial charge in [0.05, 0.1) is 11.9 Å². The van der Waals surface area contributed by atoms with E-state index in [1.54, 1.807) is 33.8 Å². The summed E-state index contributed by atoms with van der Waals surface area (Å²) in [5, 5.41) is 7.04. The number of halogens is 1. The first kappa shape index (κ1) is 17.1. The standard InChI is InChI=1S/C17H22FN5O2/c1-21-13-15(12-19-21)22-6-8-23(9-7-22)17(24)20-14-3-2-4-16(11-14)25-10-5-18/h2-4,11-13H,5-10H2,1H3,(H,20,24). The summed E-state index contributed by atoms with van der Waals surface area (Å²) in [6.45, 7) is 2.26. The third-order valence-electron chi connectivity index (χ3n) is 4.05. The summed E-state index contributed by atoms with van der Waals surface area (Å²) in [4.78, 5) is 16.4. The second kappa shape index (κ2) is 7.87. The van der Waals surface area contributed by atoms with E-state index in [0.29, 0.717) is 24.5 Å². The molecule has 1 fully saturated rings. The molecule has 0 saturated carbocycles. The van der Waals surface area contributed by atoms with Gasteiger partial charge in [-0.15, -0.1) is 0 Å². The molecule has 8 heteroatoms. The number of alkyl halides is 1. The Labute approximate surface area is 146 Å². The van der Waals surface area contributed by atoms with Gasteiger partial charge in [0.15, 0.2) is 0 Å². The lowest BCUT2D eigenvalue weighted by molar-refractivity contribution is 0.208. The number of urea groups is 1. The molecule has 1 aliphatic rings.